The van der Waals surface area contributed by atoms with Gasteiger partial charge in [-0.15, -0.1) is 0 Å². The predicted octanol–water partition coefficient (Wildman–Crippen LogP) is -17.3. The van der Waals surface area contributed by atoms with Gasteiger partial charge < -0.3 is 70.1 Å². The molecule has 0 spiro atoms. The Labute approximate surface area is 135 Å². The van der Waals surface area contributed by atoms with Gasteiger partial charge in [0.2, 0.25) is 0 Å². The van der Waals surface area contributed by atoms with Crippen LogP contribution >= 0.6 is 0 Å². The summed E-state index contributed by atoms with van der Waals surface area (Å²) in [6.45, 7) is 0. The van der Waals surface area contributed by atoms with Crippen molar-refractivity contribution in [3.05, 3.63) is 0 Å². The van der Waals surface area contributed by atoms with E-state index in [4.69, 9.17) is 0 Å². The average molecular weight is 278 g/mol. The molecule has 0 rings (SSSR count). The monoisotopic (exact) mass is 276 g/mol. The molecule has 0 aliphatic rings. The van der Waals surface area contributed by atoms with Gasteiger partial charge in [0.1, 0.15) is 0 Å². The number of halogens is 3. The number of hydrogen-bond acceptors (Lipinski definition) is 0. The summed E-state index contributed by atoms with van der Waals surface area (Å²) in [5.41, 5.74) is 0. The molecule has 0 aliphatic heterocycles. The zero-order valence-corrected chi connectivity index (χ0v) is 12.3. The molecule has 0 aliphatic carbocycles. The first kappa shape index (κ1) is 276. The van der Waals surface area contributed by atoms with E-state index in [0.717, 1.165) is 0 Å². The summed E-state index contributed by atoms with van der Waals surface area (Å²) >= 11 is 0. The maximum absolute atomic E-state index is 0. The second-order valence-corrected chi connectivity index (χ2v) is 0. The molecule has 12 N–H and O–H groups in total. The van der Waals surface area contributed by atoms with Crippen LogP contribution in [-0.4, -0.2) is 70.6 Å². The average Bonchev–Trinajstić information content (AvgIpc) is 0. The summed E-state index contributed by atoms with van der Waals surface area (Å²) in [6, 6.07) is 0. The van der Waals surface area contributed by atoms with Crippen molar-refractivity contribution in [3.63, 3.8) is 0 Å². The topological polar surface area (TPSA) is 189 Å². The smallest absolute Gasteiger partial charge is 1.00 e. The fourth-order valence-corrected chi connectivity index (χ4v) is 0. The molecule has 6 nitrogen and oxygen atoms in total. The Morgan fingerprint density at radius 1 is 0.364 bits per heavy atom. The Morgan fingerprint density at radius 3 is 0.364 bits per heavy atom. The summed E-state index contributed by atoms with van der Waals surface area (Å²) in [7, 11) is 0. The SMILES string of the molecule is O.O.O.O.O.O.[Ca+2].[Cl-].[Cl-].[Cl-].[Na+]. The molecular formula is H12CaCl3NaO6. The molecule has 0 radical (unpaired) electrons. The molecule has 0 aromatic carbocycles. The Morgan fingerprint density at radius 2 is 0.364 bits per heavy atom. The second-order valence-electron chi connectivity index (χ2n) is 0. The van der Waals surface area contributed by atoms with Gasteiger partial charge in [-0.25, -0.2) is 0 Å². The third kappa shape index (κ3) is 183. The second kappa shape index (κ2) is 218. The van der Waals surface area contributed by atoms with Gasteiger partial charge in [0.05, 0.1) is 0 Å². The van der Waals surface area contributed by atoms with E-state index in [1.54, 1.807) is 0 Å². The molecule has 0 atom stereocenters. The van der Waals surface area contributed by atoms with Crippen molar-refractivity contribution in [3.8, 4) is 0 Å². The van der Waals surface area contributed by atoms with Crippen molar-refractivity contribution < 1.29 is 99.6 Å². The van der Waals surface area contributed by atoms with E-state index in [2.05, 4.69) is 0 Å². The van der Waals surface area contributed by atoms with E-state index < -0.39 is 0 Å². The Kier molecular flexibility index (Phi) is 5480. The molecule has 0 saturated heterocycles. The summed E-state index contributed by atoms with van der Waals surface area (Å²) in [5, 5.41) is 0. The van der Waals surface area contributed by atoms with Crippen molar-refractivity contribution in [2.24, 2.45) is 0 Å². The van der Waals surface area contributed by atoms with E-state index in [0.29, 0.717) is 0 Å². The van der Waals surface area contributed by atoms with Gasteiger partial charge in [0.15, 0.2) is 0 Å². The van der Waals surface area contributed by atoms with Crippen LogP contribution in [0.25, 0.3) is 0 Å². The molecule has 0 fully saturated rings. The molecule has 11 heavy (non-hydrogen) atoms. The number of rotatable bonds is 0. The van der Waals surface area contributed by atoms with E-state index in [1.165, 1.54) is 0 Å². The molecule has 0 saturated carbocycles. The number of hydrogen-bond donors (Lipinski definition) is 0. The molecule has 0 heterocycles. The molecular weight excluding hydrogens is 265 g/mol. The third-order valence-corrected chi connectivity index (χ3v) is 0. The Balaban J connectivity index is 0. The minimum atomic E-state index is 0. The van der Waals surface area contributed by atoms with Gasteiger partial charge in [0.25, 0.3) is 0 Å². The van der Waals surface area contributed by atoms with Crippen LogP contribution in [0.15, 0.2) is 0 Å². The van der Waals surface area contributed by atoms with Crippen LogP contribution in [0.1, 0.15) is 0 Å². The Bertz CT molecular complexity index is 17.8. The van der Waals surface area contributed by atoms with Crippen molar-refractivity contribution in [1.82, 2.24) is 0 Å². The zero-order valence-electron chi connectivity index (χ0n) is 5.84. The van der Waals surface area contributed by atoms with Crippen molar-refractivity contribution in [2.45, 2.75) is 0 Å². The molecule has 0 bridgehead atoms. The first-order chi connectivity index (χ1) is 0. The van der Waals surface area contributed by atoms with Crippen LogP contribution in [0.4, 0.5) is 0 Å². The zero-order chi connectivity index (χ0) is 0. The normalized spacial score (nSPS) is 0. The molecule has 0 unspecified atom stereocenters. The van der Waals surface area contributed by atoms with Crippen LogP contribution in [0.5, 0.6) is 0 Å². The first-order valence-electron chi connectivity index (χ1n) is 0. The van der Waals surface area contributed by atoms with Crippen molar-refractivity contribution in [1.29, 1.82) is 0 Å². The third-order valence-electron chi connectivity index (χ3n) is 0. The molecule has 72 valence electrons. The van der Waals surface area contributed by atoms with Crippen LogP contribution in [-0.2, 0) is 0 Å². The summed E-state index contributed by atoms with van der Waals surface area (Å²) in [5.74, 6) is 0. The minimum Gasteiger partial charge on any atom is -1.00 e. The minimum absolute atomic E-state index is 0. The van der Waals surface area contributed by atoms with Gasteiger partial charge >= 0.3 is 67.3 Å². The molecule has 0 amide bonds. The van der Waals surface area contributed by atoms with Crippen LogP contribution in [0.3, 0.4) is 0 Å². The van der Waals surface area contributed by atoms with Gasteiger partial charge in [-0.1, -0.05) is 0 Å². The fraction of sp³-hybridized carbons (Fsp3) is 0. The largest absolute Gasteiger partial charge is 2.00 e. The van der Waals surface area contributed by atoms with E-state index in [1.807, 2.05) is 0 Å². The van der Waals surface area contributed by atoms with E-state index in [-0.39, 0.29) is 137 Å². The van der Waals surface area contributed by atoms with Crippen LogP contribution in [0.2, 0.25) is 0 Å². The van der Waals surface area contributed by atoms with Crippen LogP contribution in [0, 0.1) is 0 Å². The van der Waals surface area contributed by atoms with Crippen LogP contribution < -0.4 is 66.8 Å². The van der Waals surface area contributed by atoms with Crippen molar-refractivity contribution in [2.75, 3.05) is 0 Å². The molecule has 11 heteroatoms. The predicted molar refractivity (Wildman–Crippen MR) is 27.4 cm³/mol. The maximum atomic E-state index is 0. The summed E-state index contributed by atoms with van der Waals surface area (Å²) in [6.07, 6.45) is 0. The summed E-state index contributed by atoms with van der Waals surface area (Å²) < 4.78 is 0. The van der Waals surface area contributed by atoms with Crippen molar-refractivity contribution >= 4 is 37.7 Å². The van der Waals surface area contributed by atoms with Gasteiger partial charge in [-0.2, -0.15) is 0 Å². The van der Waals surface area contributed by atoms with E-state index in [9.17, 15) is 0 Å². The standard InChI is InChI=1S/Ca.3ClH.Na.6H2O/h;3*1H;;6*1H2/q+2;;;;+1;;;;;;/p-3. The van der Waals surface area contributed by atoms with Gasteiger partial charge in [0, 0.05) is 0 Å². The summed E-state index contributed by atoms with van der Waals surface area (Å²) in [4.78, 5) is 0. The maximum Gasteiger partial charge on any atom is 2.00 e. The van der Waals surface area contributed by atoms with E-state index >= 15 is 0 Å². The first-order valence-corrected chi connectivity index (χ1v) is 0. The molecule has 0 aromatic heterocycles. The van der Waals surface area contributed by atoms with Gasteiger partial charge in [-0.05, 0) is 0 Å². The quantitative estimate of drug-likeness (QED) is 0.380. The van der Waals surface area contributed by atoms with Gasteiger partial charge in [-0.3, -0.25) is 0 Å². The fourth-order valence-electron chi connectivity index (χ4n) is 0. The Hall–Kier alpha value is 2.89. The molecule has 0 aromatic rings.